The number of hydrogen-bond acceptors (Lipinski definition) is 8. The van der Waals surface area contributed by atoms with Crippen molar-refractivity contribution in [1.29, 1.82) is 0 Å². The van der Waals surface area contributed by atoms with Crippen molar-refractivity contribution in [2.24, 2.45) is 0 Å². The Labute approximate surface area is 170 Å². The average molecular weight is 410 g/mol. The zero-order chi connectivity index (χ0) is 20.9. The molecule has 1 fully saturated rings. The Bertz CT molecular complexity index is 1040. The summed E-state index contributed by atoms with van der Waals surface area (Å²) < 4.78 is 15.5. The van der Waals surface area contributed by atoms with Crippen LogP contribution in [0.25, 0.3) is 11.7 Å². The first-order valence-electron chi connectivity index (χ1n) is 9.30. The number of anilines is 1. The summed E-state index contributed by atoms with van der Waals surface area (Å²) in [5.41, 5.74) is 1.13. The second kappa shape index (κ2) is 8.60. The van der Waals surface area contributed by atoms with Crippen LogP contribution in [0.15, 0.2) is 51.5 Å². The third kappa shape index (κ3) is 4.37. The van der Waals surface area contributed by atoms with Gasteiger partial charge in [-0.25, -0.2) is 0 Å². The first-order chi connectivity index (χ1) is 14.6. The number of hydrogen-bond donors (Lipinski definition) is 1. The minimum absolute atomic E-state index is 0.0764. The highest BCUT2D eigenvalue weighted by Crippen LogP contribution is 2.21. The van der Waals surface area contributed by atoms with Crippen LogP contribution in [-0.4, -0.2) is 41.1 Å². The van der Waals surface area contributed by atoms with E-state index in [-0.39, 0.29) is 30.8 Å². The third-order valence-corrected chi connectivity index (χ3v) is 4.46. The molecule has 1 aromatic carbocycles. The van der Waals surface area contributed by atoms with E-state index < -0.39 is 11.9 Å². The lowest BCUT2D eigenvalue weighted by molar-refractivity contribution is -0.144. The molecule has 0 atom stereocenters. The first-order valence-corrected chi connectivity index (χ1v) is 9.30. The van der Waals surface area contributed by atoms with Crippen LogP contribution in [0.2, 0.25) is 0 Å². The number of benzene rings is 1. The highest BCUT2D eigenvalue weighted by atomic mass is 16.5. The number of carbonyl (C=O) groups excluding carboxylic acids is 3. The fourth-order valence-corrected chi connectivity index (χ4v) is 2.97. The Morgan fingerprint density at radius 1 is 1.17 bits per heavy atom. The number of carbonyl (C=O) groups is 3. The quantitative estimate of drug-likeness (QED) is 0.585. The van der Waals surface area contributed by atoms with Gasteiger partial charge in [0.05, 0.1) is 6.26 Å². The maximum atomic E-state index is 12.2. The van der Waals surface area contributed by atoms with Gasteiger partial charge in [-0.05, 0) is 42.8 Å². The number of nitrogens with one attached hydrogen (secondary N) is 1. The van der Waals surface area contributed by atoms with Crippen molar-refractivity contribution < 1.29 is 28.0 Å². The fourth-order valence-electron chi connectivity index (χ4n) is 2.97. The Hall–Kier alpha value is -3.95. The number of rotatable bonds is 7. The van der Waals surface area contributed by atoms with E-state index in [4.69, 9.17) is 13.6 Å². The maximum Gasteiger partial charge on any atom is 0.325 e. The summed E-state index contributed by atoms with van der Waals surface area (Å²) in [5.74, 6) is -0.309. The molecule has 3 aromatic rings. The second-order valence-electron chi connectivity index (χ2n) is 6.52. The molecule has 0 spiro atoms. The molecule has 0 bridgehead atoms. The number of aromatic nitrogens is 2. The average Bonchev–Trinajstić information content (AvgIpc) is 3.52. The molecule has 30 heavy (non-hydrogen) atoms. The van der Waals surface area contributed by atoms with Crippen molar-refractivity contribution in [3.05, 3.63) is 54.1 Å². The Morgan fingerprint density at radius 2 is 2.00 bits per heavy atom. The summed E-state index contributed by atoms with van der Waals surface area (Å²) in [7, 11) is 0. The van der Waals surface area contributed by atoms with Crippen LogP contribution in [0, 0.1) is 0 Å². The van der Waals surface area contributed by atoms with Crippen LogP contribution in [-0.2, 0) is 20.9 Å². The van der Waals surface area contributed by atoms with E-state index in [1.807, 2.05) is 0 Å². The summed E-state index contributed by atoms with van der Waals surface area (Å²) in [6.45, 7) is 0.143. The van der Waals surface area contributed by atoms with Gasteiger partial charge in [0.1, 0.15) is 6.54 Å². The molecule has 0 aliphatic carbocycles. The van der Waals surface area contributed by atoms with Crippen molar-refractivity contribution in [1.82, 2.24) is 15.5 Å². The Kier molecular flexibility index (Phi) is 5.55. The molecule has 0 saturated carbocycles. The van der Waals surface area contributed by atoms with Crippen LogP contribution in [0.3, 0.4) is 0 Å². The molecule has 1 aliphatic heterocycles. The van der Waals surface area contributed by atoms with Gasteiger partial charge in [0.25, 0.3) is 17.7 Å². The van der Waals surface area contributed by atoms with Gasteiger partial charge in [-0.1, -0.05) is 0 Å². The van der Waals surface area contributed by atoms with Crippen molar-refractivity contribution >= 4 is 23.5 Å². The van der Waals surface area contributed by atoms with Crippen LogP contribution < -0.4 is 10.2 Å². The number of esters is 1. The van der Waals surface area contributed by atoms with Gasteiger partial charge >= 0.3 is 5.97 Å². The van der Waals surface area contributed by atoms with E-state index in [9.17, 15) is 14.4 Å². The molecule has 10 nitrogen and oxygen atoms in total. The second-order valence-corrected chi connectivity index (χ2v) is 6.52. The third-order valence-electron chi connectivity index (χ3n) is 4.46. The van der Waals surface area contributed by atoms with E-state index in [1.54, 1.807) is 41.3 Å². The van der Waals surface area contributed by atoms with Gasteiger partial charge < -0.3 is 23.8 Å². The van der Waals surface area contributed by atoms with Crippen molar-refractivity contribution in [2.45, 2.75) is 19.4 Å². The number of furan rings is 1. The SMILES string of the molecule is O=C(CNC(=O)c1ccc(N2CCCC2=O)cc1)OCc1nnc(-c2ccco2)o1. The van der Waals surface area contributed by atoms with Gasteiger partial charge in [0.15, 0.2) is 12.4 Å². The smallest absolute Gasteiger partial charge is 0.325 e. The largest absolute Gasteiger partial charge is 0.459 e. The zero-order valence-corrected chi connectivity index (χ0v) is 15.9. The highest BCUT2D eigenvalue weighted by molar-refractivity contribution is 5.98. The topological polar surface area (TPSA) is 128 Å². The summed E-state index contributed by atoms with van der Waals surface area (Å²) in [6.07, 6.45) is 2.84. The van der Waals surface area contributed by atoms with Crippen molar-refractivity contribution in [3.8, 4) is 11.7 Å². The summed E-state index contributed by atoms with van der Waals surface area (Å²) in [5, 5.41) is 10.0. The van der Waals surface area contributed by atoms with E-state index in [0.29, 0.717) is 24.3 Å². The number of nitrogens with zero attached hydrogens (tertiary/aromatic N) is 3. The van der Waals surface area contributed by atoms with Gasteiger partial charge in [-0.2, -0.15) is 0 Å². The van der Waals surface area contributed by atoms with E-state index in [1.165, 1.54) is 6.26 Å². The van der Waals surface area contributed by atoms with Crippen molar-refractivity contribution in [2.75, 3.05) is 18.0 Å². The van der Waals surface area contributed by atoms with Crippen LogP contribution in [0.5, 0.6) is 0 Å². The fraction of sp³-hybridized carbons (Fsp3) is 0.250. The molecular weight excluding hydrogens is 392 g/mol. The molecule has 1 aliphatic rings. The minimum Gasteiger partial charge on any atom is -0.459 e. The molecule has 4 rings (SSSR count). The van der Waals surface area contributed by atoms with Crippen LogP contribution in [0.1, 0.15) is 29.1 Å². The van der Waals surface area contributed by atoms with Crippen LogP contribution >= 0.6 is 0 Å². The molecule has 0 radical (unpaired) electrons. The van der Waals surface area contributed by atoms with Crippen molar-refractivity contribution in [3.63, 3.8) is 0 Å². The predicted octanol–water partition coefficient (Wildman–Crippen LogP) is 1.93. The van der Waals surface area contributed by atoms with Gasteiger partial charge in [-0.15, -0.1) is 10.2 Å². The molecular formula is C20H18N4O6. The molecule has 1 N–H and O–H groups in total. The summed E-state index contributed by atoms with van der Waals surface area (Å²) in [4.78, 5) is 37.5. The molecule has 10 heteroatoms. The monoisotopic (exact) mass is 410 g/mol. The molecule has 2 aromatic heterocycles. The summed E-state index contributed by atoms with van der Waals surface area (Å²) in [6, 6.07) is 9.98. The molecule has 2 amide bonds. The van der Waals surface area contributed by atoms with E-state index in [2.05, 4.69) is 15.5 Å². The zero-order valence-electron chi connectivity index (χ0n) is 15.9. The van der Waals surface area contributed by atoms with E-state index >= 15 is 0 Å². The van der Waals surface area contributed by atoms with E-state index in [0.717, 1.165) is 12.1 Å². The van der Waals surface area contributed by atoms with Gasteiger partial charge in [0, 0.05) is 24.2 Å². The lowest BCUT2D eigenvalue weighted by Gasteiger charge is -2.15. The Balaban J connectivity index is 1.23. The maximum absolute atomic E-state index is 12.2. The highest BCUT2D eigenvalue weighted by Gasteiger charge is 2.21. The standard InChI is InChI=1S/C20H18N4O6/c25-17-4-1-9-24(17)14-7-5-13(6-8-14)19(27)21-11-18(26)29-12-16-22-23-20(30-16)15-3-2-10-28-15/h2-3,5-8,10H,1,4,9,11-12H2,(H,21,27). The minimum atomic E-state index is -0.652. The number of amides is 2. The van der Waals surface area contributed by atoms with Crippen LogP contribution in [0.4, 0.5) is 5.69 Å². The Morgan fingerprint density at radius 3 is 2.70 bits per heavy atom. The number of ether oxygens (including phenoxy) is 1. The molecule has 1 saturated heterocycles. The first kappa shape index (κ1) is 19.4. The van der Waals surface area contributed by atoms with Gasteiger partial charge in [0.2, 0.25) is 5.91 Å². The normalized spacial score (nSPS) is 13.5. The molecule has 3 heterocycles. The van der Waals surface area contributed by atoms with Gasteiger partial charge in [-0.3, -0.25) is 14.4 Å². The lowest BCUT2D eigenvalue weighted by atomic mass is 10.2. The lowest BCUT2D eigenvalue weighted by Crippen LogP contribution is -2.30. The molecule has 154 valence electrons. The molecule has 0 unspecified atom stereocenters. The summed E-state index contributed by atoms with van der Waals surface area (Å²) >= 11 is 0. The predicted molar refractivity (Wildman–Crippen MR) is 102 cm³/mol.